The van der Waals surface area contributed by atoms with Crippen molar-refractivity contribution in [2.45, 2.75) is 25.1 Å². The highest BCUT2D eigenvalue weighted by Crippen LogP contribution is 2.34. The molecule has 1 nitrogen and oxygen atoms in total. The maximum atomic E-state index is 5.98. The van der Waals surface area contributed by atoms with Crippen LogP contribution >= 0.6 is 38.9 Å². The zero-order valence-corrected chi connectivity index (χ0v) is 12.9. The number of thiazole rings is 1. The minimum absolute atomic E-state index is 0.312. The van der Waals surface area contributed by atoms with E-state index < -0.39 is 0 Å². The summed E-state index contributed by atoms with van der Waals surface area (Å²) in [4.78, 5) is 6.07. The van der Waals surface area contributed by atoms with Crippen LogP contribution in [0, 0.1) is 13.8 Å². The smallest absolute Gasteiger partial charge is 0.0900 e. The quantitative estimate of drug-likeness (QED) is 0.714. The average Bonchev–Trinajstić information content (AvgIpc) is 2.58. The van der Waals surface area contributed by atoms with Gasteiger partial charge in [0.2, 0.25) is 0 Å². The van der Waals surface area contributed by atoms with Gasteiger partial charge in [0.05, 0.1) is 15.5 Å². The summed E-state index contributed by atoms with van der Waals surface area (Å²) in [6, 6.07) is 8.00. The molecular formula is C13H13BrClNS. The lowest BCUT2D eigenvalue weighted by Gasteiger charge is -2.08. The molecule has 0 aliphatic heterocycles. The average molecular weight is 331 g/mol. The fourth-order valence-electron chi connectivity index (χ4n) is 1.80. The number of halogens is 2. The Morgan fingerprint density at radius 1 is 1.41 bits per heavy atom. The molecule has 1 aromatic heterocycles. The molecule has 0 bridgehead atoms. The second kappa shape index (κ2) is 5.51. The van der Waals surface area contributed by atoms with Crippen molar-refractivity contribution in [3.05, 3.63) is 50.4 Å². The van der Waals surface area contributed by atoms with Crippen LogP contribution in [0.5, 0.6) is 0 Å². The highest BCUT2D eigenvalue weighted by Gasteiger charge is 2.15. The van der Waals surface area contributed by atoms with E-state index in [1.165, 1.54) is 10.4 Å². The standard InChI is InChI=1S/C13H13BrClNS/c1-8-13(17-9(2)16-8)12(14)7-10-4-3-5-11(15)6-10/h3-6,12H,7H2,1-2H3. The molecule has 90 valence electrons. The SMILES string of the molecule is Cc1nc(C)c(C(Br)Cc2cccc(Cl)c2)s1. The lowest BCUT2D eigenvalue weighted by Crippen LogP contribution is -1.95. The maximum absolute atomic E-state index is 5.98. The van der Waals surface area contributed by atoms with Crippen molar-refractivity contribution in [2.75, 3.05) is 0 Å². The number of benzene rings is 1. The third kappa shape index (κ3) is 3.30. The van der Waals surface area contributed by atoms with Crippen molar-refractivity contribution in [2.24, 2.45) is 0 Å². The molecule has 17 heavy (non-hydrogen) atoms. The fraction of sp³-hybridized carbons (Fsp3) is 0.308. The van der Waals surface area contributed by atoms with E-state index in [9.17, 15) is 0 Å². The van der Waals surface area contributed by atoms with Crippen molar-refractivity contribution in [3.63, 3.8) is 0 Å². The Labute approximate surface area is 119 Å². The van der Waals surface area contributed by atoms with Gasteiger partial charge >= 0.3 is 0 Å². The topological polar surface area (TPSA) is 12.9 Å². The predicted molar refractivity (Wildman–Crippen MR) is 78.4 cm³/mol. The monoisotopic (exact) mass is 329 g/mol. The predicted octanol–water partition coefficient (Wildman–Crippen LogP) is 5.09. The van der Waals surface area contributed by atoms with E-state index in [0.29, 0.717) is 4.83 Å². The largest absolute Gasteiger partial charge is 0.247 e. The molecule has 0 fully saturated rings. The molecular weight excluding hydrogens is 318 g/mol. The highest BCUT2D eigenvalue weighted by atomic mass is 79.9. The number of aryl methyl sites for hydroxylation is 2. The highest BCUT2D eigenvalue weighted by molar-refractivity contribution is 9.09. The van der Waals surface area contributed by atoms with E-state index in [-0.39, 0.29) is 0 Å². The zero-order chi connectivity index (χ0) is 12.4. The van der Waals surface area contributed by atoms with Crippen LogP contribution in [0.4, 0.5) is 0 Å². The van der Waals surface area contributed by atoms with Gasteiger partial charge in [-0.2, -0.15) is 0 Å². The van der Waals surface area contributed by atoms with E-state index >= 15 is 0 Å². The second-order valence-electron chi connectivity index (χ2n) is 3.98. The zero-order valence-electron chi connectivity index (χ0n) is 9.71. The summed E-state index contributed by atoms with van der Waals surface area (Å²) in [5.41, 5.74) is 2.36. The molecule has 0 saturated carbocycles. The van der Waals surface area contributed by atoms with Crippen LogP contribution in [0.1, 0.15) is 26.0 Å². The number of rotatable bonds is 3. The van der Waals surface area contributed by atoms with Crippen LogP contribution in [0.25, 0.3) is 0 Å². The Morgan fingerprint density at radius 2 is 2.18 bits per heavy atom. The van der Waals surface area contributed by atoms with Crippen LogP contribution in [0.15, 0.2) is 24.3 Å². The molecule has 0 aliphatic carbocycles. The van der Waals surface area contributed by atoms with Crippen LogP contribution in [0.2, 0.25) is 5.02 Å². The van der Waals surface area contributed by atoms with Gasteiger partial charge in [-0.25, -0.2) is 4.98 Å². The van der Waals surface area contributed by atoms with Gasteiger partial charge in [-0.1, -0.05) is 39.7 Å². The van der Waals surface area contributed by atoms with Crippen LogP contribution in [0.3, 0.4) is 0 Å². The molecule has 1 aromatic carbocycles. The van der Waals surface area contributed by atoms with Crippen molar-refractivity contribution in [1.29, 1.82) is 0 Å². The Hall–Kier alpha value is -0.380. The number of aromatic nitrogens is 1. The van der Waals surface area contributed by atoms with Crippen LogP contribution in [-0.4, -0.2) is 4.98 Å². The minimum Gasteiger partial charge on any atom is -0.247 e. The molecule has 2 aromatic rings. The first-order valence-electron chi connectivity index (χ1n) is 5.38. The number of hydrogen-bond acceptors (Lipinski definition) is 2. The normalized spacial score (nSPS) is 12.7. The summed E-state index contributed by atoms with van der Waals surface area (Å²) < 4.78 is 0. The summed E-state index contributed by atoms with van der Waals surface area (Å²) in [6.45, 7) is 4.10. The second-order valence-corrected chi connectivity index (χ2v) is 6.76. The van der Waals surface area contributed by atoms with Crippen LogP contribution < -0.4 is 0 Å². The van der Waals surface area contributed by atoms with E-state index in [0.717, 1.165) is 22.1 Å². The van der Waals surface area contributed by atoms with Crippen molar-refractivity contribution < 1.29 is 0 Å². The summed E-state index contributed by atoms with van der Waals surface area (Å²) in [7, 11) is 0. The summed E-state index contributed by atoms with van der Waals surface area (Å²) in [5, 5.41) is 1.91. The Morgan fingerprint density at radius 3 is 2.76 bits per heavy atom. The van der Waals surface area contributed by atoms with Crippen LogP contribution in [-0.2, 0) is 6.42 Å². The first-order valence-corrected chi connectivity index (χ1v) is 7.49. The van der Waals surface area contributed by atoms with Gasteiger partial charge in [0, 0.05) is 9.90 Å². The van der Waals surface area contributed by atoms with Gasteiger partial charge in [0.25, 0.3) is 0 Å². The summed E-state index contributed by atoms with van der Waals surface area (Å²) in [6.07, 6.45) is 0.934. The van der Waals surface area contributed by atoms with Gasteiger partial charge in [0.1, 0.15) is 0 Å². The van der Waals surface area contributed by atoms with Gasteiger partial charge < -0.3 is 0 Å². The van der Waals surface area contributed by atoms with Crippen molar-refractivity contribution >= 4 is 38.9 Å². The summed E-state index contributed by atoms with van der Waals surface area (Å²) in [5.74, 6) is 0. The molecule has 0 aliphatic rings. The molecule has 0 radical (unpaired) electrons. The molecule has 1 heterocycles. The van der Waals surface area contributed by atoms with E-state index in [1.807, 2.05) is 25.1 Å². The van der Waals surface area contributed by atoms with Gasteiger partial charge in [-0.05, 0) is 38.0 Å². The molecule has 0 amide bonds. The molecule has 4 heteroatoms. The number of nitrogens with zero attached hydrogens (tertiary/aromatic N) is 1. The van der Waals surface area contributed by atoms with E-state index in [1.54, 1.807) is 11.3 Å². The molecule has 1 unspecified atom stereocenters. The first-order chi connectivity index (χ1) is 8.06. The summed E-state index contributed by atoms with van der Waals surface area (Å²) >= 11 is 11.5. The third-order valence-electron chi connectivity index (χ3n) is 2.53. The maximum Gasteiger partial charge on any atom is 0.0900 e. The van der Waals surface area contributed by atoms with E-state index in [2.05, 4.69) is 33.9 Å². The molecule has 2 rings (SSSR count). The van der Waals surface area contributed by atoms with E-state index in [4.69, 9.17) is 11.6 Å². The van der Waals surface area contributed by atoms with Gasteiger partial charge in [0.15, 0.2) is 0 Å². The first kappa shape index (κ1) is 13.1. The minimum atomic E-state index is 0.312. The molecule has 0 N–H and O–H groups in total. The Balaban J connectivity index is 2.16. The number of alkyl halides is 1. The van der Waals surface area contributed by atoms with Gasteiger partial charge in [-0.15, -0.1) is 11.3 Å². The Kier molecular flexibility index (Phi) is 4.23. The molecule has 0 spiro atoms. The number of hydrogen-bond donors (Lipinski definition) is 0. The Bertz CT molecular complexity index is 524. The van der Waals surface area contributed by atoms with Gasteiger partial charge in [-0.3, -0.25) is 0 Å². The lowest BCUT2D eigenvalue weighted by molar-refractivity contribution is 0.950. The molecule has 1 atom stereocenters. The fourth-order valence-corrected chi connectivity index (χ4v) is 3.91. The lowest BCUT2D eigenvalue weighted by atomic mass is 10.1. The van der Waals surface area contributed by atoms with Crippen molar-refractivity contribution in [1.82, 2.24) is 4.98 Å². The third-order valence-corrected chi connectivity index (χ3v) is 5.03. The molecule has 0 saturated heterocycles. The van der Waals surface area contributed by atoms with Crippen molar-refractivity contribution in [3.8, 4) is 0 Å².